The molecule has 1 aromatic rings. The van der Waals surface area contributed by atoms with Crippen molar-refractivity contribution in [3.05, 3.63) is 41.7 Å². The van der Waals surface area contributed by atoms with E-state index in [-0.39, 0.29) is 29.0 Å². The molecule has 1 aromatic heterocycles. The minimum absolute atomic E-state index is 0.0165. The summed E-state index contributed by atoms with van der Waals surface area (Å²) in [7, 11) is 1.79. The van der Waals surface area contributed by atoms with Gasteiger partial charge in [0.1, 0.15) is 18.2 Å². The van der Waals surface area contributed by atoms with Crippen LogP contribution in [-0.4, -0.2) is 46.1 Å². The van der Waals surface area contributed by atoms with Crippen LogP contribution in [0.4, 0.5) is 0 Å². The highest BCUT2D eigenvalue weighted by molar-refractivity contribution is 5.94. The number of carbonyl (C=O) groups excluding carboxylic acids is 3. The van der Waals surface area contributed by atoms with Crippen LogP contribution in [0.1, 0.15) is 69.2 Å². The van der Waals surface area contributed by atoms with Crippen LogP contribution < -0.4 is 4.57 Å². The molecular formula is C28H36NO6+. The molecule has 7 atom stereocenters. The third-order valence-corrected chi connectivity index (χ3v) is 10.0. The van der Waals surface area contributed by atoms with Crippen molar-refractivity contribution in [2.75, 3.05) is 6.61 Å². The van der Waals surface area contributed by atoms with Crippen molar-refractivity contribution in [1.29, 1.82) is 0 Å². The van der Waals surface area contributed by atoms with Gasteiger partial charge in [-0.1, -0.05) is 19.4 Å². The molecule has 5 rings (SSSR count). The van der Waals surface area contributed by atoms with E-state index in [2.05, 4.69) is 6.92 Å². The van der Waals surface area contributed by atoms with Crippen LogP contribution in [0, 0.1) is 28.6 Å². The number of esters is 1. The van der Waals surface area contributed by atoms with E-state index in [1.807, 2.05) is 6.92 Å². The van der Waals surface area contributed by atoms with Gasteiger partial charge >= 0.3 is 5.97 Å². The number of rotatable bonds is 4. The summed E-state index contributed by atoms with van der Waals surface area (Å²) < 4.78 is 7.04. The highest BCUT2D eigenvalue weighted by atomic mass is 16.5. The van der Waals surface area contributed by atoms with Gasteiger partial charge in [-0.15, -0.1) is 0 Å². The molecule has 0 amide bonds. The number of aromatic nitrogens is 1. The number of pyridine rings is 1. The lowest BCUT2D eigenvalue weighted by molar-refractivity contribution is -0.671. The fourth-order valence-electron chi connectivity index (χ4n) is 8.19. The molecule has 0 aromatic carbocycles. The van der Waals surface area contributed by atoms with Crippen molar-refractivity contribution in [1.82, 2.24) is 0 Å². The fourth-order valence-corrected chi connectivity index (χ4v) is 8.19. The van der Waals surface area contributed by atoms with Crippen molar-refractivity contribution in [2.45, 2.75) is 70.5 Å². The zero-order valence-corrected chi connectivity index (χ0v) is 20.8. The number of aliphatic hydroxyl groups is 2. The monoisotopic (exact) mass is 482 g/mol. The summed E-state index contributed by atoms with van der Waals surface area (Å²) in [6, 6.07) is 3.35. The Hall–Kier alpha value is -2.38. The first kappa shape index (κ1) is 24.3. The van der Waals surface area contributed by atoms with Crippen LogP contribution >= 0.6 is 0 Å². The molecule has 7 heteroatoms. The highest BCUT2D eigenvalue weighted by Gasteiger charge is 2.68. The number of fused-ring (bicyclic) bond motifs is 5. The Morgan fingerprint density at radius 1 is 1.20 bits per heavy atom. The van der Waals surface area contributed by atoms with Gasteiger partial charge in [-0.05, 0) is 73.8 Å². The van der Waals surface area contributed by atoms with E-state index in [1.165, 1.54) is 0 Å². The second-order valence-corrected chi connectivity index (χ2v) is 11.7. The van der Waals surface area contributed by atoms with Gasteiger partial charge in [0, 0.05) is 17.9 Å². The maximum absolute atomic E-state index is 13.4. The number of ether oxygens (including phenoxy) is 1. The fraction of sp³-hybridized carbons (Fsp3) is 0.643. The van der Waals surface area contributed by atoms with E-state index in [1.54, 1.807) is 42.2 Å². The van der Waals surface area contributed by atoms with Crippen LogP contribution in [0.3, 0.4) is 0 Å². The van der Waals surface area contributed by atoms with Gasteiger partial charge in [0.15, 0.2) is 24.8 Å². The molecule has 0 bridgehead atoms. The molecule has 0 radical (unpaired) electrons. The highest BCUT2D eigenvalue weighted by Crippen LogP contribution is 2.67. The van der Waals surface area contributed by atoms with Crippen LogP contribution in [0.2, 0.25) is 0 Å². The number of carbonyl (C=O) groups is 3. The molecule has 4 aliphatic carbocycles. The smallest absolute Gasteiger partial charge is 0.344 e. The Bertz CT molecular complexity index is 1110. The normalized spacial score (nSPS) is 40.3. The van der Waals surface area contributed by atoms with Crippen molar-refractivity contribution < 1.29 is 33.9 Å². The minimum Gasteiger partial charge on any atom is -0.454 e. The summed E-state index contributed by atoms with van der Waals surface area (Å²) in [6.07, 6.45) is 8.78. The topological polar surface area (TPSA) is 105 Å². The quantitative estimate of drug-likeness (QED) is 0.505. The Morgan fingerprint density at radius 3 is 2.71 bits per heavy atom. The molecule has 4 aliphatic rings. The lowest BCUT2D eigenvalue weighted by Crippen LogP contribution is -2.62. The number of nitrogens with zero attached hydrogens (tertiary/aromatic N) is 1. The molecular weight excluding hydrogens is 446 g/mol. The SMILES string of the molecule is C[n+]1cccc(C(=O)OCC(=O)[C@@]2(O)CCC3C4CCC5=CC(=O)CC[C@]5(C)C4C(O)C[C@@]32C)c1. The number of hydrogen-bond donors (Lipinski definition) is 2. The van der Waals surface area contributed by atoms with E-state index in [0.717, 1.165) is 24.8 Å². The van der Waals surface area contributed by atoms with Gasteiger partial charge in [0.05, 0.1) is 6.10 Å². The molecule has 35 heavy (non-hydrogen) atoms. The maximum atomic E-state index is 13.4. The third-order valence-electron chi connectivity index (χ3n) is 10.0. The molecule has 0 saturated heterocycles. The van der Waals surface area contributed by atoms with E-state index >= 15 is 0 Å². The summed E-state index contributed by atoms with van der Waals surface area (Å²) in [5, 5.41) is 23.2. The number of aliphatic hydroxyl groups excluding tert-OH is 1. The summed E-state index contributed by atoms with van der Waals surface area (Å²) in [6.45, 7) is 3.62. The minimum atomic E-state index is -1.65. The van der Waals surface area contributed by atoms with Crippen LogP contribution in [0.15, 0.2) is 36.2 Å². The first-order chi connectivity index (χ1) is 16.5. The van der Waals surface area contributed by atoms with E-state index in [0.29, 0.717) is 31.2 Å². The van der Waals surface area contributed by atoms with Crippen molar-refractivity contribution in [3.8, 4) is 0 Å². The Kier molecular flexibility index (Phi) is 5.80. The summed E-state index contributed by atoms with van der Waals surface area (Å²) in [4.78, 5) is 37.9. The second-order valence-electron chi connectivity index (χ2n) is 11.7. The van der Waals surface area contributed by atoms with Gasteiger partial charge in [-0.3, -0.25) is 9.59 Å². The van der Waals surface area contributed by atoms with E-state index in [4.69, 9.17) is 4.74 Å². The first-order valence-corrected chi connectivity index (χ1v) is 12.8. The predicted molar refractivity (Wildman–Crippen MR) is 126 cm³/mol. The molecule has 4 unspecified atom stereocenters. The van der Waals surface area contributed by atoms with Crippen LogP contribution in [0.5, 0.6) is 0 Å². The van der Waals surface area contributed by atoms with Gasteiger partial charge in [-0.2, -0.15) is 0 Å². The average molecular weight is 483 g/mol. The van der Waals surface area contributed by atoms with Gasteiger partial charge in [-0.25, -0.2) is 9.36 Å². The number of Topliss-reactive ketones (excluding diaryl/α,β-unsaturated/α-hetero) is 1. The van der Waals surface area contributed by atoms with E-state index in [9.17, 15) is 24.6 Å². The van der Waals surface area contributed by atoms with Gasteiger partial charge < -0.3 is 14.9 Å². The Morgan fingerprint density at radius 2 is 1.97 bits per heavy atom. The number of aryl methyl sites for hydroxylation is 1. The second kappa shape index (κ2) is 8.34. The lowest BCUT2D eigenvalue weighted by atomic mass is 9.45. The largest absolute Gasteiger partial charge is 0.454 e. The first-order valence-electron chi connectivity index (χ1n) is 12.8. The zero-order chi connectivity index (χ0) is 25.2. The number of ketones is 2. The summed E-state index contributed by atoms with van der Waals surface area (Å²) in [5.41, 5.74) is -1.16. The lowest BCUT2D eigenvalue weighted by Gasteiger charge is -2.60. The molecule has 2 N–H and O–H groups in total. The summed E-state index contributed by atoms with van der Waals surface area (Å²) >= 11 is 0. The number of hydrogen-bond acceptors (Lipinski definition) is 6. The van der Waals surface area contributed by atoms with Crippen molar-refractivity contribution in [3.63, 3.8) is 0 Å². The standard InChI is InChI=1S/C28H36NO6/c1-26-10-8-19(30)13-18(26)6-7-20-21-9-11-28(34,27(21,2)14-22(31)24(20)26)23(32)16-35-25(33)17-5-4-12-29(3)15-17/h4-5,12-13,15,20-22,24,31,34H,6-11,14,16H2,1-3H3/q+1/t20?,21?,22?,24?,26-,27-,28-/m0/s1. The third kappa shape index (κ3) is 3.61. The van der Waals surface area contributed by atoms with Gasteiger partial charge in [0.2, 0.25) is 5.78 Å². The molecule has 7 nitrogen and oxygen atoms in total. The molecule has 3 fully saturated rings. The summed E-state index contributed by atoms with van der Waals surface area (Å²) in [5.74, 6) is -0.647. The predicted octanol–water partition coefficient (Wildman–Crippen LogP) is 2.47. The van der Waals surface area contributed by atoms with Crippen LogP contribution in [-0.2, 0) is 21.4 Å². The van der Waals surface area contributed by atoms with Crippen LogP contribution in [0.25, 0.3) is 0 Å². The van der Waals surface area contributed by atoms with Gasteiger partial charge in [0.25, 0.3) is 0 Å². The molecule has 1 heterocycles. The maximum Gasteiger partial charge on any atom is 0.344 e. The zero-order valence-electron chi connectivity index (χ0n) is 20.8. The Labute approximate surface area is 206 Å². The van der Waals surface area contributed by atoms with E-state index < -0.39 is 35.5 Å². The molecule has 3 saturated carbocycles. The number of allylic oxidation sites excluding steroid dienone is 1. The molecule has 188 valence electrons. The molecule has 0 aliphatic heterocycles. The van der Waals surface area contributed by atoms with Crippen molar-refractivity contribution in [2.24, 2.45) is 35.6 Å². The van der Waals surface area contributed by atoms with Crippen molar-refractivity contribution >= 4 is 17.5 Å². The average Bonchev–Trinajstić information content (AvgIpc) is 3.08. The molecule has 0 spiro atoms. The Balaban J connectivity index is 1.36.